The van der Waals surface area contributed by atoms with E-state index in [1.54, 1.807) is 0 Å². The predicted molar refractivity (Wildman–Crippen MR) is 82.7 cm³/mol. The van der Waals surface area contributed by atoms with Crippen molar-refractivity contribution in [3.63, 3.8) is 0 Å². The second-order valence-electron chi connectivity index (χ2n) is 5.54. The third-order valence-corrected chi connectivity index (χ3v) is 3.82. The number of carbonyl (C=O) groups excluding carboxylic acids is 1. The molecule has 1 saturated heterocycles. The smallest absolute Gasteiger partial charge is 0.237 e. The van der Waals surface area contributed by atoms with Crippen LogP contribution in [-0.4, -0.2) is 49.6 Å². The zero-order valence-electron chi connectivity index (χ0n) is 12.6. The maximum atomic E-state index is 12.1. The number of likely N-dealkylation sites (N-methyl/N-ethyl adjacent to an activating group) is 1. The molecule has 1 heterocycles. The molecule has 0 spiro atoms. The first-order chi connectivity index (χ1) is 10.2. The molecule has 5 nitrogen and oxygen atoms in total. The Morgan fingerprint density at radius 1 is 1.43 bits per heavy atom. The van der Waals surface area contributed by atoms with Crippen LogP contribution in [0, 0.1) is 0 Å². The molecule has 1 amide bonds. The van der Waals surface area contributed by atoms with Crippen molar-refractivity contribution >= 4 is 5.91 Å². The number of rotatable bonds is 7. The van der Waals surface area contributed by atoms with E-state index in [4.69, 9.17) is 10.5 Å². The Kier molecular flexibility index (Phi) is 6.17. The lowest BCUT2D eigenvalue weighted by molar-refractivity contribution is -0.125. The molecular formula is C16H25N3O2. The number of amides is 1. The van der Waals surface area contributed by atoms with Gasteiger partial charge in [-0.25, -0.2) is 0 Å². The molecule has 116 valence electrons. The normalized spacial score (nSPS) is 22.4. The summed E-state index contributed by atoms with van der Waals surface area (Å²) in [5, 5.41) is 2.93. The number of carbonyl (C=O) groups is 1. The van der Waals surface area contributed by atoms with Crippen LogP contribution in [0.2, 0.25) is 0 Å². The van der Waals surface area contributed by atoms with Gasteiger partial charge in [-0.1, -0.05) is 30.3 Å². The monoisotopic (exact) mass is 291 g/mol. The van der Waals surface area contributed by atoms with Gasteiger partial charge >= 0.3 is 0 Å². The van der Waals surface area contributed by atoms with Crippen LogP contribution in [0.25, 0.3) is 0 Å². The van der Waals surface area contributed by atoms with Crippen molar-refractivity contribution < 1.29 is 9.53 Å². The molecule has 5 heteroatoms. The number of ether oxygens (including phenoxy) is 1. The van der Waals surface area contributed by atoms with Gasteiger partial charge in [0.2, 0.25) is 5.91 Å². The first-order valence-corrected chi connectivity index (χ1v) is 7.54. The summed E-state index contributed by atoms with van der Waals surface area (Å²) in [6.07, 6.45) is 1.67. The number of nitrogens with one attached hydrogen (secondary N) is 1. The molecule has 1 aromatic carbocycles. The molecule has 1 aromatic rings. The summed E-state index contributed by atoms with van der Waals surface area (Å²) in [4.78, 5) is 14.2. The average Bonchev–Trinajstić information content (AvgIpc) is 2.87. The van der Waals surface area contributed by atoms with Crippen molar-refractivity contribution in [1.82, 2.24) is 10.2 Å². The van der Waals surface area contributed by atoms with Crippen molar-refractivity contribution in [2.75, 3.05) is 26.7 Å². The lowest BCUT2D eigenvalue weighted by Gasteiger charge is -2.17. The molecule has 3 N–H and O–H groups in total. The van der Waals surface area contributed by atoms with E-state index >= 15 is 0 Å². The van der Waals surface area contributed by atoms with Gasteiger partial charge in [0.05, 0.1) is 18.8 Å². The number of nitrogens with two attached hydrogens (primary N) is 1. The molecule has 0 aromatic heterocycles. The van der Waals surface area contributed by atoms with Crippen LogP contribution in [0.1, 0.15) is 18.4 Å². The summed E-state index contributed by atoms with van der Waals surface area (Å²) in [5.41, 5.74) is 6.59. The highest BCUT2D eigenvalue weighted by Crippen LogP contribution is 2.20. The zero-order valence-corrected chi connectivity index (χ0v) is 12.6. The summed E-state index contributed by atoms with van der Waals surface area (Å²) in [5.74, 6) is 0.0803. The SMILES string of the molecule is CN1C[C@H](OCc2ccccc2)C[C@H]1C(=O)NCCCN. The fourth-order valence-electron chi connectivity index (χ4n) is 2.60. The van der Waals surface area contributed by atoms with Gasteiger partial charge in [0.25, 0.3) is 0 Å². The third-order valence-electron chi connectivity index (χ3n) is 3.82. The second-order valence-corrected chi connectivity index (χ2v) is 5.54. The molecular weight excluding hydrogens is 266 g/mol. The van der Waals surface area contributed by atoms with Crippen molar-refractivity contribution in [3.05, 3.63) is 35.9 Å². The standard InChI is InChI=1S/C16H25N3O2/c1-19-11-14(21-12-13-6-3-2-4-7-13)10-15(19)16(20)18-9-5-8-17/h2-4,6-7,14-15H,5,8-12,17H2,1H3,(H,18,20)/t14-,15+/m1/s1. The van der Waals surface area contributed by atoms with Crippen molar-refractivity contribution in [1.29, 1.82) is 0 Å². The summed E-state index contributed by atoms with van der Waals surface area (Å²) in [6, 6.07) is 10.0. The predicted octanol–water partition coefficient (Wildman–Crippen LogP) is 0.741. The highest BCUT2D eigenvalue weighted by atomic mass is 16.5. The Hall–Kier alpha value is -1.43. The molecule has 2 atom stereocenters. The van der Waals surface area contributed by atoms with Gasteiger partial charge in [0.1, 0.15) is 0 Å². The van der Waals surface area contributed by atoms with Gasteiger partial charge in [-0.3, -0.25) is 9.69 Å². The Morgan fingerprint density at radius 2 is 2.19 bits per heavy atom. The van der Waals surface area contributed by atoms with Gasteiger partial charge in [0, 0.05) is 13.1 Å². The third kappa shape index (κ3) is 4.81. The van der Waals surface area contributed by atoms with Gasteiger partial charge < -0.3 is 15.8 Å². The summed E-state index contributed by atoms with van der Waals surface area (Å²) in [6.45, 7) is 2.64. The van der Waals surface area contributed by atoms with Gasteiger partial charge in [-0.2, -0.15) is 0 Å². The molecule has 1 aliphatic rings. The Morgan fingerprint density at radius 3 is 2.90 bits per heavy atom. The first kappa shape index (κ1) is 15.9. The molecule has 1 fully saturated rings. The van der Waals surface area contributed by atoms with Crippen molar-refractivity contribution in [2.45, 2.75) is 31.6 Å². The second kappa shape index (κ2) is 8.12. The minimum absolute atomic E-state index is 0.0803. The van der Waals surface area contributed by atoms with Crippen LogP contribution < -0.4 is 11.1 Å². The molecule has 0 saturated carbocycles. The van der Waals surface area contributed by atoms with Crippen LogP contribution >= 0.6 is 0 Å². The topological polar surface area (TPSA) is 67.6 Å². The number of hydrogen-bond acceptors (Lipinski definition) is 4. The molecule has 0 unspecified atom stereocenters. The minimum Gasteiger partial charge on any atom is -0.372 e. The maximum Gasteiger partial charge on any atom is 0.237 e. The van der Waals surface area contributed by atoms with E-state index in [9.17, 15) is 4.79 Å². The number of hydrogen-bond donors (Lipinski definition) is 2. The van der Waals surface area contributed by atoms with Crippen LogP contribution in [0.3, 0.4) is 0 Å². The van der Waals surface area contributed by atoms with E-state index in [0.29, 0.717) is 19.7 Å². The van der Waals surface area contributed by atoms with E-state index in [1.165, 1.54) is 0 Å². The van der Waals surface area contributed by atoms with E-state index in [-0.39, 0.29) is 18.1 Å². The molecule has 0 bridgehead atoms. The van der Waals surface area contributed by atoms with Crippen LogP contribution in [0.4, 0.5) is 0 Å². The molecule has 0 radical (unpaired) electrons. The molecule has 1 aliphatic heterocycles. The fraction of sp³-hybridized carbons (Fsp3) is 0.562. The van der Waals surface area contributed by atoms with Crippen molar-refractivity contribution in [2.24, 2.45) is 5.73 Å². The molecule has 0 aliphatic carbocycles. The maximum absolute atomic E-state index is 12.1. The number of benzene rings is 1. The van der Waals surface area contributed by atoms with E-state index in [0.717, 1.165) is 24.9 Å². The van der Waals surface area contributed by atoms with Crippen LogP contribution in [-0.2, 0) is 16.1 Å². The Balaban J connectivity index is 1.76. The fourth-order valence-corrected chi connectivity index (χ4v) is 2.60. The zero-order chi connectivity index (χ0) is 15.1. The molecule has 21 heavy (non-hydrogen) atoms. The van der Waals surface area contributed by atoms with Crippen LogP contribution in [0.5, 0.6) is 0 Å². The average molecular weight is 291 g/mol. The Labute approximate surface area is 126 Å². The van der Waals surface area contributed by atoms with Gasteiger partial charge in [-0.05, 0) is 32.0 Å². The van der Waals surface area contributed by atoms with E-state index in [1.807, 2.05) is 25.2 Å². The number of likely N-dealkylation sites (tertiary alicyclic amines) is 1. The highest BCUT2D eigenvalue weighted by molar-refractivity contribution is 5.82. The van der Waals surface area contributed by atoms with Gasteiger partial charge in [0.15, 0.2) is 0 Å². The van der Waals surface area contributed by atoms with Crippen LogP contribution in [0.15, 0.2) is 30.3 Å². The van der Waals surface area contributed by atoms with E-state index < -0.39 is 0 Å². The molecule has 2 rings (SSSR count). The van der Waals surface area contributed by atoms with Crippen molar-refractivity contribution in [3.8, 4) is 0 Å². The minimum atomic E-state index is -0.0939. The first-order valence-electron chi connectivity index (χ1n) is 7.54. The number of nitrogens with zero attached hydrogens (tertiary/aromatic N) is 1. The lowest BCUT2D eigenvalue weighted by Crippen LogP contribution is -2.41. The summed E-state index contributed by atoms with van der Waals surface area (Å²) < 4.78 is 5.92. The summed E-state index contributed by atoms with van der Waals surface area (Å²) in [7, 11) is 1.97. The van der Waals surface area contributed by atoms with Gasteiger partial charge in [-0.15, -0.1) is 0 Å². The Bertz CT molecular complexity index is 438. The highest BCUT2D eigenvalue weighted by Gasteiger charge is 2.34. The largest absolute Gasteiger partial charge is 0.372 e. The quantitative estimate of drug-likeness (QED) is 0.727. The lowest BCUT2D eigenvalue weighted by atomic mass is 10.2. The van der Waals surface area contributed by atoms with E-state index in [2.05, 4.69) is 22.3 Å². The summed E-state index contributed by atoms with van der Waals surface area (Å²) >= 11 is 0.